The second kappa shape index (κ2) is 47.0. The average molecular weight is 1580 g/mol. The molecule has 41 atom stereocenters. The number of alkyl halides is 2. The highest BCUT2D eigenvalue weighted by Crippen LogP contribution is 2.41. The summed E-state index contributed by atoms with van der Waals surface area (Å²) in [6, 6.07) is -3.29. The Kier molecular flexibility index (Phi) is 45.7. The van der Waals surface area contributed by atoms with Crippen LogP contribution in [0, 0.1) is 65.1 Å². The third kappa shape index (κ3) is 27.3. The minimum Gasteiger partial charge on any atom is -0.396 e. The van der Waals surface area contributed by atoms with E-state index >= 15 is 0 Å². The molecule has 1 saturated carbocycles. The van der Waals surface area contributed by atoms with Crippen LogP contribution >= 0.6 is 11.8 Å². The molecule has 0 spiro atoms. The van der Waals surface area contributed by atoms with Gasteiger partial charge in [-0.25, -0.2) is 17.2 Å². The number of nitrogens with two attached hydrogens (primary N) is 2. The highest BCUT2D eigenvalue weighted by atomic mass is 32.2. The zero-order valence-corrected chi connectivity index (χ0v) is 65.6. The lowest BCUT2D eigenvalue weighted by Crippen LogP contribution is -2.42. The predicted octanol–water partition coefficient (Wildman–Crippen LogP) is -8.17. The van der Waals surface area contributed by atoms with Crippen LogP contribution < -0.4 is 11.5 Å². The fourth-order valence-electron chi connectivity index (χ4n) is 12.5. The molecule has 9 aliphatic heterocycles. The third-order valence-corrected chi connectivity index (χ3v) is 25.8. The van der Waals surface area contributed by atoms with E-state index in [4.69, 9.17) is 170 Å². The Morgan fingerprint density at radius 2 is 1.03 bits per heavy atom. The van der Waals surface area contributed by atoms with Crippen molar-refractivity contribution in [2.24, 2.45) is 81.7 Å². The highest BCUT2D eigenvalue weighted by molar-refractivity contribution is 8.01. The molecule has 0 aromatic rings. The van der Waals surface area contributed by atoms with Crippen molar-refractivity contribution in [3.63, 3.8) is 0 Å². The van der Waals surface area contributed by atoms with Crippen molar-refractivity contribution < 1.29 is 142 Å². The van der Waals surface area contributed by atoms with Gasteiger partial charge in [0.2, 0.25) is 0 Å². The van der Waals surface area contributed by atoms with Crippen molar-refractivity contribution in [1.82, 2.24) is 0 Å². The number of hydrogen-bond acceptors (Lipinski definition) is 31. The van der Waals surface area contributed by atoms with Gasteiger partial charge in [0.1, 0.15) is 82.8 Å². The molecule has 9 saturated heterocycles. The molecule has 11 unspecified atom stereocenters. The van der Waals surface area contributed by atoms with Gasteiger partial charge in [-0.15, -0.1) is 0 Å². The monoisotopic (exact) mass is 1590 g/mol. The van der Waals surface area contributed by atoms with Crippen LogP contribution in [0.15, 0.2) is 5.11 Å². The van der Waals surface area contributed by atoms with Gasteiger partial charge in [-0.05, 0) is 48.2 Å². The lowest BCUT2D eigenvalue weighted by molar-refractivity contribution is -0.185. The number of thioether (sulfide) groups is 1. The first-order chi connectivity index (χ1) is 50.2. The number of nitrogens with zero attached hydrogens (tertiary/aromatic N) is 3. The molecule has 10 aliphatic rings. The summed E-state index contributed by atoms with van der Waals surface area (Å²) < 4.78 is 83.4. The molecule has 10 rings (SSSR count). The van der Waals surface area contributed by atoms with Gasteiger partial charge in [0.05, 0.1) is 136 Å². The molecule has 0 aromatic carbocycles. The number of sulfone groups is 1. The van der Waals surface area contributed by atoms with Crippen molar-refractivity contribution in [1.29, 1.82) is 0 Å². The lowest BCUT2D eigenvalue weighted by Gasteiger charge is -2.25. The molecule has 20 radical (unpaired) electrons. The second-order valence-electron chi connectivity index (χ2n) is 29.7. The molecule has 0 aromatic heterocycles. The molecule has 46 heteroatoms. The van der Waals surface area contributed by atoms with E-state index in [0.29, 0.717) is 6.54 Å². The van der Waals surface area contributed by atoms with Gasteiger partial charge in [0.15, 0.2) is 29.2 Å². The smallest absolute Gasteiger partial charge is 0.258 e. The number of azide groups is 1. The number of aliphatic hydroxyl groups excluding tert-OH is 18. The molecular weight excluding hydrogens is 1470 g/mol. The largest absolute Gasteiger partial charge is 0.396 e. The standard InChI is InChI=1S/2C7H13BO3.C7H13BO2.2C6H10BFO3.C6H10BN3O3.2C6H12BNO2.C6H11BO4S.C6H11BO2S/c1-4-5(10)7(2,3-9)11-6(4)8;1-3-5(10)6(4(2)9)11-7(3)8;1-4-6(8)2-5(3-9)7(4)10;1-3-4(10)6(8,2-9)11-5(3)7;1-3-5(10)4(2-9)11-6(3,7)8;1-3-4(12)6(2-11,9-10-8)13-5(3)7;1-3-5(8)4(2-9)10-6(3)7;1-3-5(9)4(2-8)10-6(3)7;1-3-5(9)4(2-8)12(10,11)6(3)7;1-3-5(9)4(2-8)10-6(3)7/h4-6,9-10H,3H2,1-2H3;3-7,9-10H,1-2H3;4-7,9-10H,2-3H2,1H3;2*3-5,9-10H,2H2,1H3;3-5,11-12H,2H2,1H3;2*3-6,9H,2,8H2,1H3;3-6,8-9H,2H2,1H3;3-6,8-9H,2H2,1H3/t4-,5?,6+,7+;3-,4?,5?,6+,7+;4-,5-,6-,7?;3-,4?,5+,6+;3-,4+,5?,6+;3-,4?,5+,6+;4*3-,4+,5?,6+/m0010000000/s1. The minimum atomic E-state index is -3.54. The Morgan fingerprint density at radius 3 is 1.23 bits per heavy atom. The van der Waals surface area contributed by atoms with Gasteiger partial charge in [-0.2, -0.15) is 11.8 Å². The second-order valence-corrected chi connectivity index (χ2v) is 33.5. The number of halogens is 2. The molecule has 22 N–H and O–H groups in total. The van der Waals surface area contributed by atoms with Crippen molar-refractivity contribution in [2.75, 3.05) is 59.4 Å². The van der Waals surface area contributed by atoms with Crippen LogP contribution in [0.1, 0.15) is 89.5 Å². The Labute approximate surface area is 657 Å². The SMILES string of the molecule is [B][C@@H]1C[C@H](CO)C(O)[C@@H]1C.[B][C@@H]1O[C@@](CO)(N=[N+]=[N-])C(O)[C@@H]1C.[B][C@@H]1O[C@H](C(C)O)C(O)[C@@H]1C.[B][C@@H]1O[C@H](CN)C(O)[C@@H]1C.[B][C@@H]1O[C@H](CO)C(N)[C@@H]1C.[B][C@@H]1O[C@](C)(CO)C(O)[C@@H]1C.[B][C@@H]1O[C@](F)(CO)C(O)[C@@H]1C.[B][C@@H]1S[C@H](CO)C(O)[C@@H]1C.[B][C@H]1[C@@H](C)C(O)[C@@H](CO)S1(=O)=O.[B][C@]1(F)O[C@H](CO)C(O)[C@@H]1C. The summed E-state index contributed by atoms with van der Waals surface area (Å²) >= 11 is 1.46. The van der Waals surface area contributed by atoms with Crippen LogP contribution in [0.25, 0.3) is 10.4 Å². The number of hydrogen-bond donors (Lipinski definition) is 20. The summed E-state index contributed by atoms with van der Waals surface area (Å²) in [6.07, 6.45) is -9.07. The molecule has 32 nitrogen and oxygen atoms in total. The maximum Gasteiger partial charge on any atom is 0.258 e. The van der Waals surface area contributed by atoms with E-state index in [1.807, 2.05) is 27.7 Å². The molecule has 0 amide bonds. The number of rotatable bonds is 11. The van der Waals surface area contributed by atoms with Gasteiger partial charge in [0, 0.05) is 107 Å². The van der Waals surface area contributed by atoms with E-state index in [-0.39, 0.29) is 120 Å². The summed E-state index contributed by atoms with van der Waals surface area (Å²) in [5, 5.41) is 164. The molecule has 610 valence electrons. The molecule has 10 fully saturated rings. The van der Waals surface area contributed by atoms with Crippen LogP contribution in [0.5, 0.6) is 0 Å². The summed E-state index contributed by atoms with van der Waals surface area (Å²) in [4.78, 5) is 2.50. The first-order valence-electron chi connectivity index (χ1n) is 35.9. The van der Waals surface area contributed by atoms with Gasteiger partial charge in [-0.1, -0.05) is 86.6 Å². The zero-order valence-electron chi connectivity index (χ0n) is 64.0. The molecule has 1 aliphatic carbocycles. The molecule has 109 heavy (non-hydrogen) atoms. The highest BCUT2D eigenvalue weighted by Gasteiger charge is 2.54. The fourth-order valence-corrected chi connectivity index (χ4v) is 15.9. The Balaban J connectivity index is 0.000000606. The summed E-state index contributed by atoms with van der Waals surface area (Å²) in [5.74, 6) is -6.66. The molecule has 0 bridgehead atoms. The minimum absolute atomic E-state index is 0.00463. The van der Waals surface area contributed by atoms with E-state index < -0.39 is 185 Å². The quantitative estimate of drug-likeness (QED) is 0.0395. The summed E-state index contributed by atoms with van der Waals surface area (Å²) in [7, 11) is 50.9. The van der Waals surface area contributed by atoms with Gasteiger partial charge < -0.3 is 137 Å². The van der Waals surface area contributed by atoms with Gasteiger partial charge in [0.25, 0.3) is 5.85 Å². The summed E-state index contributed by atoms with van der Waals surface area (Å²) in [6.45, 7) is 18.4. The van der Waals surface area contributed by atoms with E-state index in [1.54, 1.807) is 48.5 Å². The van der Waals surface area contributed by atoms with Crippen LogP contribution in [-0.2, 0) is 43.0 Å². The van der Waals surface area contributed by atoms with E-state index in [0.717, 1.165) is 6.42 Å². The van der Waals surface area contributed by atoms with Gasteiger partial charge in [-0.3, -0.25) is 0 Å². The molecular formula is C63H115B10F2N5O27S2. The zero-order chi connectivity index (χ0) is 85.0. The van der Waals surface area contributed by atoms with E-state index in [1.165, 1.54) is 18.7 Å². The lowest BCUT2D eigenvalue weighted by atomic mass is 9.79. The average Bonchev–Trinajstić information content (AvgIpc) is 1.64. The fraction of sp³-hybridized carbons (Fsp3) is 1.00. The normalized spacial score (nSPS) is 48.3. The van der Waals surface area contributed by atoms with Crippen LogP contribution in [0.4, 0.5) is 8.78 Å². The van der Waals surface area contributed by atoms with E-state index in [9.17, 15) is 58.1 Å². The van der Waals surface area contributed by atoms with Crippen molar-refractivity contribution in [2.45, 2.75) is 267 Å². The number of aliphatic hydroxyl groups is 18. The van der Waals surface area contributed by atoms with Crippen molar-refractivity contribution in [3.05, 3.63) is 10.4 Å². The first-order valence-corrected chi connectivity index (χ1v) is 38.5. The van der Waals surface area contributed by atoms with Crippen LogP contribution in [-0.4, -0.2) is 409 Å². The predicted molar refractivity (Wildman–Crippen MR) is 406 cm³/mol. The Bertz CT molecular complexity index is 2620. The van der Waals surface area contributed by atoms with E-state index in [2.05, 4.69) is 19.5 Å². The Morgan fingerprint density at radius 1 is 0.541 bits per heavy atom. The van der Waals surface area contributed by atoms with Gasteiger partial charge >= 0.3 is 0 Å². The van der Waals surface area contributed by atoms with Crippen LogP contribution in [0.3, 0.4) is 0 Å². The summed E-state index contributed by atoms with van der Waals surface area (Å²) in [5.41, 5.74) is 16.7. The van der Waals surface area contributed by atoms with Crippen LogP contribution in [0.2, 0.25) is 5.82 Å². The number of ether oxygens (including phenoxy) is 7. The van der Waals surface area contributed by atoms with Crippen molar-refractivity contribution in [3.8, 4) is 0 Å². The maximum atomic E-state index is 13.1. The third-order valence-electron chi connectivity index (χ3n) is 21.8. The Hall–Kier alpha value is -0.961. The topological polar surface area (TPSA) is 564 Å². The van der Waals surface area contributed by atoms with Crippen molar-refractivity contribution >= 4 is 100 Å². The molecule has 9 heterocycles. The first kappa shape index (κ1) is 106. The maximum absolute atomic E-state index is 13.1.